The maximum Gasteiger partial charge on any atom is 0.322 e. The summed E-state index contributed by atoms with van der Waals surface area (Å²) in [6.45, 7) is 3.87. The Morgan fingerprint density at radius 2 is 2.00 bits per heavy atom. The second-order valence-corrected chi connectivity index (χ2v) is 6.85. The van der Waals surface area contributed by atoms with E-state index in [4.69, 9.17) is 14.2 Å². The van der Waals surface area contributed by atoms with Gasteiger partial charge in [0.25, 0.3) is 0 Å². The van der Waals surface area contributed by atoms with E-state index in [1.807, 2.05) is 4.90 Å². The van der Waals surface area contributed by atoms with Crippen molar-refractivity contribution < 1.29 is 23.8 Å². The van der Waals surface area contributed by atoms with Crippen LogP contribution in [0.4, 0.5) is 10.5 Å². The van der Waals surface area contributed by atoms with Gasteiger partial charge < -0.3 is 29.3 Å². The zero-order chi connectivity index (χ0) is 18.3. The van der Waals surface area contributed by atoms with Gasteiger partial charge in [-0.1, -0.05) is 0 Å². The number of anilines is 1. The summed E-state index contributed by atoms with van der Waals surface area (Å²) in [5, 5.41) is 2.87. The van der Waals surface area contributed by atoms with Crippen LogP contribution in [0.5, 0.6) is 11.5 Å². The Bertz CT molecular complexity index is 725. The summed E-state index contributed by atoms with van der Waals surface area (Å²) in [4.78, 5) is 28.8. The molecule has 3 heterocycles. The highest BCUT2D eigenvalue weighted by molar-refractivity contribution is 5.95. The van der Waals surface area contributed by atoms with Crippen molar-refractivity contribution in [3.8, 4) is 11.5 Å². The number of rotatable bonds is 2. The van der Waals surface area contributed by atoms with E-state index in [0.29, 0.717) is 43.5 Å². The van der Waals surface area contributed by atoms with Gasteiger partial charge in [0.2, 0.25) is 5.91 Å². The molecular weight excluding hydrogens is 338 g/mol. The number of hydrogen-bond donors (Lipinski definition) is 1. The summed E-state index contributed by atoms with van der Waals surface area (Å²) in [6.07, 6.45) is 0.792. The molecule has 0 spiro atoms. The molecule has 26 heavy (non-hydrogen) atoms. The minimum Gasteiger partial charge on any atom is -0.486 e. The second kappa shape index (κ2) is 6.68. The van der Waals surface area contributed by atoms with Crippen molar-refractivity contribution in [2.75, 3.05) is 38.7 Å². The van der Waals surface area contributed by atoms with E-state index in [1.165, 1.54) is 0 Å². The van der Waals surface area contributed by atoms with Crippen LogP contribution in [0, 0.1) is 0 Å². The molecule has 1 aromatic rings. The molecule has 2 saturated heterocycles. The van der Waals surface area contributed by atoms with Gasteiger partial charge in [0.05, 0.1) is 12.1 Å². The number of methoxy groups -OCH3 is 1. The fourth-order valence-corrected chi connectivity index (χ4v) is 3.82. The highest BCUT2D eigenvalue weighted by Gasteiger charge is 2.45. The molecule has 0 saturated carbocycles. The quantitative estimate of drug-likeness (QED) is 0.859. The number of piperazine rings is 1. The standard InChI is InChI=1S/C18H23N3O5/c1-11-17(22)21-10-14(24-2)8-13(21)9-20(11)18(23)19-12-3-4-15-16(7-12)26-6-5-25-15/h3-4,7,11,13-14H,5-6,8-10H2,1-2H3,(H,19,23)/t11-,13-,14-/m0/s1. The van der Waals surface area contributed by atoms with Crippen molar-refractivity contribution in [1.82, 2.24) is 9.80 Å². The first-order chi connectivity index (χ1) is 12.6. The summed E-state index contributed by atoms with van der Waals surface area (Å²) in [5.41, 5.74) is 0.613. The first-order valence-corrected chi connectivity index (χ1v) is 8.87. The number of carbonyl (C=O) groups excluding carboxylic acids is 2. The molecule has 140 valence electrons. The highest BCUT2D eigenvalue weighted by atomic mass is 16.6. The second-order valence-electron chi connectivity index (χ2n) is 6.85. The monoisotopic (exact) mass is 361 g/mol. The topological polar surface area (TPSA) is 80.3 Å². The SMILES string of the molecule is CO[C@H]1C[C@H]2CN(C(=O)Nc3ccc4c(c3)OCCO4)[C@@H](C)C(=O)N2C1. The maximum atomic E-state index is 12.8. The van der Waals surface area contributed by atoms with Crippen molar-refractivity contribution in [3.05, 3.63) is 18.2 Å². The molecule has 0 aromatic heterocycles. The summed E-state index contributed by atoms with van der Waals surface area (Å²) in [5.74, 6) is 1.25. The fraction of sp³-hybridized carbons (Fsp3) is 0.556. The van der Waals surface area contributed by atoms with E-state index >= 15 is 0 Å². The van der Waals surface area contributed by atoms with Crippen LogP contribution < -0.4 is 14.8 Å². The summed E-state index contributed by atoms with van der Waals surface area (Å²) >= 11 is 0. The van der Waals surface area contributed by atoms with E-state index in [-0.39, 0.29) is 24.1 Å². The number of hydrogen-bond acceptors (Lipinski definition) is 5. The van der Waals surface area contributed by atoms with Gasteiger partial charge in [-0.2, -0.15) is 0 Å². The summed E-state index contributed by atoms with van der Waals surface area (Å²) < 4.78 is 16.4. The molecule has 3 aliphatic heterocycles. The van der Waals surface area contributed by atoms with Crippen LogP contribution in [0.3, 0.4) is 0 Å². The van der Waals surface area contributed by atoms with E-state index in [2.05, 4.69) is 5.32 Å². The molecule has 3 aliphatic rings. The Morgan fingerprint density at radius 1 is 1.23 bits per heavy atom. The number of amides is 3. The van der Waals surface area contributed by atoms with Gasteiger partial charge in [0.15, 0.2) is 11.5 Å². The third kappa shape index (κ3) is 2.94. The molecule has 3 atom stereocenters. The van der Waals surface area contributed by atoms with E-state index in [1.54, 1.807) is 37.1 Å². The molecule has 8 heteroatoms. The average molecular weight is 361 g/mol. The molecular formula is C18H23N3O5. The van der Waals surface area contributed by atoms with Crippen LogP contribution in [-0.2, 0) is 9.53 Å². The highest BCUT2D eigenvalue weighted by Crippen LogP contribution is 2.33. The third-order valence-electron chi connectivity index (χ3n) is 5.28. The van der Waals surface area contributed by atoms with Crippen LogP contribution in [0.1, 0.15) is 13.3 Å². The number of carbonyl (C=O) groups is 2. The summed E-state index contributed by atoms with van der Waals surface area (Å²) in [7, 11) is 1.66. The van der Waals surface area contributed by atoms with E-state index in [9.17, 15) is 9.59 Å². The Kier molecular flexibility index (Phi) is 4.36. The average Bonchev–Trinajstić information content (AvgIpc) is 3.08. The lowest BCUT2D eigenvalue weighted by atomic mass is 10.1. The minimum absolute atomic E-state index is 0.00895. The van der Waals surface area contributed by atoms with Gasteiger partial charge >= 0.3 is 6.03 Å². The normalized spacial score (nSPS) is 27.3. The van der Waals surface area contributed by atoms with Crippen LogP contribution in [-0.4, -0.2) is 73.3 Å². The number of fused-ring (bicyclic) bond motifs is 2. The number of nitrogens with one attached hydrogen (secondary N) is 1. The predicted octanol–water partition coefficient (Wildman–Crippen LogP) is 1.31. The molecule has 0 radical (unpaired) electrons. The molecule has 0 unspecified atom stereocenters. The van der Waals surface area contributed by atoms with Crippen LogP contribution in [0.25, 0.3) is 0 Å². The van der Waals surface area contributed by atoms with Gasteiger partial charge in [0, 0.05) is 32.0 Å². The zero-order valence-electron chi connectivity index (χ0n) is 14.9. The number of nitrogens with zero attached hydrogens (tertiary/aromatic N) is 2. The molecule has 8 nitrogen and oxygen atoms in total. The van der Waals surface area contributed by atoms with Gasteiger partial charge in [-0.15, -0.1) is 0 Å². The molecule has 2 fully saturated rings. The van der Waals surface area contributed by atoms with Gasteiger partial charge in [-0.05, 0) is 25.5 Å². The molecule has 1 N–H and O–H groups in total. The van der Waals surface area contributed by atoms with Crippen molar-refractivity contribution in [1.29, 1.82) is 0 Å². The lowest BCUT2D eigenvalue weighted by Crippen LogP contribution is -2.60. The Morgan fingerprint density at radius 3 is 2.77 bits per heavy atom. The molecule has 4 rings (SSSR count). The van der Waals surface area contributed by atoms with Gasteiger partial charge in [0.1, 0.15) is 19.3 Å². The van der Waals surface area contributed by atoms with Gasteiger partial charge in [-0.3, -0.25) is 4.79 Å². The smallest absolute Gasteiger partial charge is 0.322 e. The lowest BCUT2D eigenvalue weighted by molar-refractivity contribution is -0.141. The predicted molar refractivity (Wildman–Crippen MR) is 93.5 cm³/mol. The van der Waals surface area contributed by atoms with Gasteiger partial charge in [-0.25, -0.2) is 4.79 Å². The van der Waals surface area contributed by atoms with E-state index in [0.717, 1.165) is 6.42 Å². The minimum atomic E-state index is -0.501. The Balaban J connectivity index is 1.47. The van der Waals surface area contributed by atoms with Crippen molar-refractivity contribution in [2.24, 2.45) is 0 Å². The maximum absolute atomic E-state index is 12.8. The zero-order valence-corrected chi connectivity index (χ0v) is 14.9. The van der Waals surface area contributed by atoms with Crippen LogP contribution in [0.2, 0.25) is 0 Å². The summed E-state index contributed by atoms with van der Waals surface area (Å²) in [6, 6.07) is 4.50. The van der Waals surface area contributed by atoms with E-state index < -0.39 is 6.04 Å². The third-order valence-corrected chi connectivity index (χ3v) is 5.28. The van der Waals surface area contributed by atoms with Crippen molar-refractivity contribution >= 4 is 17.6 Å². The fourth-order valence-electron chi connectivity index (χ4n) is 3.82. The Labute approximate surface area is 152 Å². The first kappa shape index (κ1) is 17.0. The number of urea groups is 1. The van der Waals surface area contributed by atoms with Crippen molar-refractivity contribution in [2.45, 2.75) is 31.5 Å². The molecule has 3 amide bonds. The lowest BCUT2D eigenvalue weighted by Gasteiger charge is -2.41. The van der Waals surface area contributed by atoms with Crippen LogP contribution >= 0.6 is 0 Å². The largest absolute Gasteiger partial charge is 0.486 e. The van der Waals surface area contributed by atoms with Crippen molar-refractivity contribution in [3.63, 3.8) is 0 Å². The van der Waals surface area contributed by atoms with Crippen LogP contribution in [0.15, 0.2) is 18.2 Å². The molecule has 0 bridgehead atoms. The number of benzene rings is 1. The number of ether oxygens (including phenoxy) is 3. The Hall–Kier alpha value is -2.48. The first-order valence-electron chi connectivity index (χ1n) is 8.87. The molecule has 1 aromatic carbocycles. The molecule has 0 aliphatic carbocycles.